The van der Waals surface area contributed by atoms with Crippen molar-refractivity contribution in [1.82, 2.24) is 5.32 Å². The molecule has 1 aliphatic heterocycles. The summed E-state index contributed by atoms with van der Waals surface area (Å²) in [5.74, 6) is -0.684. The van der Waals surface area contributed by atoms with E-state index in [0.29, 0.717) is 13.0 Å². The standard InChI is InChI=1S/C13H21NO4/c1-9-6-10(11(15)16)4-2-3-5-13(7-9)8-14-12(17)18-13/h9-10H,2-8H2,1H3,(H,14,17)(H,15,16). The van der Waals surface area contributed by atoms with Gasteiger partial charge in [-0.05, 0) is 38.0 Å². The van der Waals surface area contributed by atoms with E-state index >= 15 is 0 Å². The highest BCUT2D eigenvalue weighted by Crippen LogP contribution is 2.35. The largest absolute Gasteiger partial charge is 0.481 e. The van der Waals surface area contributed by atoms with Crippen molar-refractivity contribution in [3.8, 4) is 0 Å². The van der Waals surface area contributed by atoms with Crippen molar-refractivity contribution in [1.29, 1.82) is 0 Å². The fourth-order valence-corrected chi connectivity index (χ4v) is 3.24. The Morgan fingerprint density at radius 3 is 2.89 bits per heavy atom. The van der Waals surface area contributed by atoms with Gasteiger partial charge in [-0.1, -0.05) is 13.3 Å². The topological polar surface area (TPSA) is 75.6 Å². The van der Waals surface area contributed by atoms with Crippen LogP contribution in [0.1, 0.15) is 45.4 Å². The minimum Gasteiger partial charge on any atom is -0.481 e. The molecule has 1 saturated heterocycles. The maximum atomic E-state index is 11.3. The van der Waals surface area contributed by atoms with E-state index in [0.717, 1.165) is 32.1 Å². The number of carboxylic acid groups (broad SMARTS) is 1. The zero-order chi connectivity index (χ0) is 13.2. The third-order valence-corrected chi connectivity index (χ3v) is 4.06. The van der Waals surface area contributed by atoms with Gasteiger partial charge in [-0.15, -0.1) is 0 Å². The summed E-state index contributed by atoms with van der Waals surface area (Å²) in [6.07, 6.45) is 4.48. The Bertz CT molecular complexity index is 344. The van der Waals surface area contributed by atoms with Crippen LogP contribution in [0.2, 0.25) is 0 Å². The second-order valence-corrected chi connectivity index (χ2v) is 5.75. The molecule has 2 N–H and O–H groups in total. The molecule has 1 spiro atoms. The Morgan fingerprint density at radius 1 is 1.50 bits per heavy atom. The number of rotatable bonds is 1. The van der Waals surface area contributed by atoms with Crippen molar-refractivity contribution in [2.24, 2.45) is 11.8 Å². The molecule has 2 fully saturated rings. The van der Waals surface area contributed by atoms with Crippen LogP contribution in [0.5, 0.6) is 0 Å². The van der Waals surface area contributed by atoms with Gasteiger partial charge in [0.1, 0.15) is 5.60 Å². The van der Waals surface area contributed by atoms with E-state index in [2.05, 4.69) is 12.2 Å². The molecule has 102 valence electrons. The van der Waals surface area contributed by atoms with Gasteiger partial charge in [0.15, 0.2) is 0 Å². The highest BCUT2D eigenvalue weighted by molar-refractivity contribution is 5.70. The lowest BCUT2D eigenvalue weighted by Crippen LogP contribution is -2.35. The molecule has 3 unspecified atom stereocenters. The summed E-state index contributed by atoms with van der Waals surface area (Å²) < 4.78 is 5.45. The quantitative estimate of drug-likeness (QED) is 0.752. The van der Waals surface area contributed by atoms with E-state index in [1.54, 1.807) is 0 Å². The normalized spacial score (nSPS) is 37.3. The lowest BCUT2D eigenvalue weighted by molar-refractivity contribution is -0.142. The molecule has 0 bridgehead atoms. The zero-order valence-corrected chi connectivity index (χ0v) is 10.8. The molecule has 0 aromatic heterocycles. The highest BCUT2D eigenvalue weighted by atomic mass is 16.6. The van der Waals surface area contributed by atoms with Crippen LogP contribution in [0, 0.1) is 11.8 Å². The van der Waals surface area contributed by atoms with E-state index in [4.69, 9.17) is 9.84 Å². The first kappa shape index (κ1) is 13.2. The first-order valence-corrected chi connectivity index (χ1v) is 6.70. The van der Waals surface area contributed by atoms with Crippen LogP contribution in [0.3, 0.4) is 0 Å². The second-order valence-electron chi connectivity index (χ2n) is 5.75. The molecule has 5 heteroatoms. The van der Waals surface area contributed by atoms with Gasteiger partial charge < -0.3 is 15.2 Å². The van der Waals surface area contributed by atoms with Gasteiger partial charge in [-0.3, -0.25) is 4.79 Å². The van der Waals surface area contributed by atoms with Crippen molar-refractivity contribution in [2.75, 3.05) is 6.54 Å². The Hall–Kier alpha value is -1.26. The average Bonchev–Trinajstić information content (AvgIpc) is 2.66. The minimum absolute atomic E-state index is 0.250. The molecule has 1 heterocycles. The van der Waals surface area contributed by atoms with Crippen LogP contribution < -0.4 is 5.32 Å². The van der Waals surface area contributed by atoms with E-state index in [-0.39, 0.29) is 17.9 Å². The molecule has 3 atom stereocenters. The summed E-state index contributed by atoms with van der Waals surface area (Å²) in [6, 6.07) is 0. The number of ether oxygens (including phenoxy) is 1. The predicted octanol–water partition coefficient (Wildman–Crippen LogP) is 2.16. The number of nitrogens with one attached hydrogen (secondary N) is 1. The molecule has 2 rings (SSSR count). The van der Waals surface area contributed by atoms with E-state index in [1.165, 1.54) is 0 Å². The van der Waals surface area contributed by atoms with Gasteiger partial charge >= 0.3 is 12.1 Å². The van der Waals surface area contributed by atoms with Crippen LogP contribution >= 0.6 is 0 Å². The first-order valence-electron chi connectivity index (χ1n) is 6.70. The van der Waals surface area contributed by atoms with Crippen molar-refractivity contribution >= 4 is 12.1 Å². The van der Waals surface area contributed by atoms with E-state index < -0.39 is 11.6 Å². The van der Waals surface area contributed by atoms with Crippen molar-refractivity contribution in [2.45, 2.75) is 51.0 Å². The molecule has 1 amide bonds. The number of alkyl carbamates (subject to hydrolysis) is 1. The summed E-state index contributed by atoms with van der Waals surface area (Å²) >= 11 is 0. The lowest BCUT2D eigenvalue weighted by atomic mass is 9.85. The Morgan fingerprint density at radius 2 is 2.28 bits per heavy atom. The maximum absolute atomic E-state index is 11.3. The Labute approximate surface area is 107 Å². The van der Waals surface area contributed by atoms with Crippen LogP contribution in [0.4, 0.5) is 4.79 Å². The fourth-order valence-electron chi connectivity index (χ4n) is 3.24. The monoisotopic (exact) mass is 255 g/mol. The van der Waals surface area contributed by atoms with Crippen molar-refractivity contribution < 1.29 is 19.4 Å². The smallest absolute Gasteiger partial charge is 0.407 e. The van der Waals surface area contributed by atoms with Crippen LogP contribution in [-0.2, 0) is 9.53 Å². The summed E-state index contributed by atoms with van der Waals surface area (Å²) in [5, 5.41) is 11.9. The third kappa shape index (κ3) is 2.94. The Kier molecular flexibility index (Phi) is 3.78. The van der Waals surface area contributed by atoms with Crippen LogP contribution in [0.15, 0.2) is 0 Å². The zero-order valence-electron chi connectivity index (χ0n) is 10.8. The molecule has 1 aliphatic carbocycles. The third-order valence-electron chi connectivity index (χ3n) is 4.06. The molecule has 0 radical (unpaired) electrons. The van der Waals surface area contributed by atoms with Crippen LogP contribution in [0.25, 0.3) is 0 Å². The van der Waals surface area contributed by atoms with E-state index in [1.807, 2.05) is 0 Å². The molecule has 0 aromatic carbocycles. The van der Waals surface area contributed by atoms with Gasteiger partial charge in [0.25, 0.3) is 0 Å². The summed E-state index contributed by atoms with van der Waals surface area (Å²) in [5.41, 5.74) is -0.399. The summed E-state index contributed by atoms with van der Waals surface area (Å²) in [4.78, 5) is 22.4. The van der Waals surface area contributed by atoms with Crippen molar-refractivity contribution in [3.05, 3.63) is 0 Å². The number of hydrogen-bond acceptors (Lipinski definition) is 3. The predicted molar refractivity (Wildman–Crippen MR) is 65.2 cm³/mol. The summed E-state index contributed by atoms with van der Waals surface area (Å²) in [7, 11) is 0. The van der Waals surface area contributed by atoms with E-state index in [9.17, 15) is 9.59 Å². The van der Waals surface area contributed by atoms with Gasteiger partial charge in [0.05, 0.1) is 12.5 Å². The summed E-state index contributed by atoms with van der Waals surface area (Å²) in [6.45, 7) is 2.61. The van der Waals surface area contributed by atoms with Gasteiger partial charge in [-0.2, -0.15) is 0 Å². The number of carbonyl (C=O) groups excluding carboxylic acids is 1. The van der Waals surface area contributed by atoms with Crippen LogP contribution in [-0.4, -0.2) is 29.3 Å². The first-order chi connectivity index (χ1) is 8.51. The number of carboxylic acids is 1. The fraction of sp³-hybridized carbons (Fsp3) is 0.846. The molecular weight excluding hydrogens is 234 g/mol. The van der Waals surface area contributed by atoms with Gasteiger partial charge in [-0.25, -0.2) is 4.79 Å². The number of aliphatic carboxylic acids is 1. The molecule has 5 nitrogen and oxygen atoms in total. The number of hydrogen-bond donors (Lipinski definition) is 2. The molecule has 1 saturated carbocycles. The van der Waals surface area contributed by atoms with Gasteiger partial charge in [0, 0.05) is 0 Å². The Balaban J connectivity index is 2.05. The molecular formula is C13H21NO4. The highest BCUT2D eigenvalue weighted by Gasteiger charge is 2.42. The molecule has 2 aliphatic rings. The maximum Gasteiger partial charge on any atom is 0.407 e. The number of carbonyl (C=O) groups is 2. The molecule has 0 aromatic rings. The average molecular weight is 255 g/mol. The minimum atomic E-state index is -0.695. The number of amides is 1. The molecule has 18 heavy (non-hydrogen) atoms. The SMILES string of the molecule is CC1CC(C(=O)O)CCCCC2(CNC(=O)O2)C1. The lowest BCUT2D eigenvalue weighted by Gasteiger charge is -2.28. The second kappa shape index (κ2) is 5.16. The van der Waals surface area contributed by atoms with Gasteiger partial charge in [0.2, 0.25) is 0 Å². The van der Waals surface area contributed by atoms with Crippen molar-refractivity contribution in [3.63, 3.8) is 0 Å².